The topological polar surface area (TPSA) is 34.1 Å². The highest BCUT2D eigenvalue weighted by molar-refractivity contribution is 6.19. The Kier molecular flexibility index (Phi) is 2.97. The molecule has 0 saturated heterocycles. The van der Waals surface area contributed by atoms with Crippen molar-refractivity contribution in [1.82, 2.24) is 0 Å². The molecule has 0 aromatic carbocycles. The summed E-state index contributed by atoms with van der Waals surface area (Å²) in [5, 5.41) is 0. The Morgan fingerprint density at radius 3 is 2.06 bits per heavy atom. The van der Waals surface area contributed by atoms with E-state index in [0.29, 0.717) is 5.57 Å². The maximum atomic E-state index is 12.1. The summed E-state index contributed by atoms with van der Waals surface area (Å²) in [5.41, 5.74) is 0.272. The fourth-order valence-electron chi connectivity index (χ4n) is 2.21. The molecular formula is C14H20O2. The van der Waals surface area contributed by atoms with Crippen LogP contribution < -0.4 is 0 Å². The first kappa shape index (κ1) is 12.9. The molecule has 1 aliphatic carbocycles. The van der Waals surface area contributed by atoms with E-state index >= 15 is 0 Å². The number of hydrogen-bond acceptors (Lipinski definition) is 2. The van der Waals surface area contributed by atoms with Gasteiger partial charge in [-0.15, -0.1) is 0 Å². The number of allylic oxidation sites excluding steroid dienone is 4. The second kappa shape index (κ2) is 3.69. The van der Waals surface area contributed by atoms with Gasteiger partial charge in [0.05, 0.1) is 5.41 Å². The van der Waals surface area contributed by atoms with E-state index < -0.39 is 10.8 Å². The molecule has 1 aliphatic rings. The van der Waals surface area contributed by atoms with Gasteiger partial charge in [0.2, 0.25) is 0 Å². The lowest BCUT2D eigenvalue weighted by Crippen LogP contribution is -2.45. The number of carbonyl (C=O) groups excluding carboxylic acids is 2. The van der Waals surface area contributed by atoms with E-state index in [1.165, 1.54) is 0 Å². The first-order chi connectivity index (χ1) is 7.09. The average Bonchev–Trinajstić information content (AvgIpc) is 2.11. The lowest BCUT2D eigenvalue weighted by molar-refractivity contribution is -0.142. The van der Waals surface area contributed by atoms with E-state index in [0.717, 1.165) is 5.57 Å². The SMILES string of the molecule is CC(C)=CC1=CC(C)(C)C(=O)C(C)(C)C1=O. The van der Waals surface area contributed by atoms with Gasteiger partial charge in [0.1, 0.15) is 0 Å². The first-order valence-electron chi connectivity index (χ1n) is 5.56. The minimum atomic E-state index is -0.903. The van der Waals surface area contributed by atoms with E-state index in [9.17, 15) is 9.59 Å². The molecule has 0 N–H and O–H groups in total. The fraction of sp³-hybridized carbons (Fsp3) is 0.571. The molecule has 0 aliphatic heterocycles. The van der Waals surface area contributed by atoms with Gasteiger partial charge in [-0.05, 0) is 41.5 Å². The van der Waals surface area contributed by atoms with Crippen molar-refractivity contribution in [3.8, 4) is 0 Å². The highest BCUT2D eigenvalue weighted by Gasteiger charge is 2.47. The standard InChI is InChI=1S/C14H20O2/c1-9(2)7-10-8-13(3,4)12(16)14(5,6)11(10)15/h7-8H,1-6H3. The summed E-state index contributed by atoms with van der Waals surface area (Å²) in [6.07, 6.45) is 3.65. The van der Waals surface area contributed by atoms with Gasteiger partial charge < -0.3 is 0 Å². The first-order valence-corrected chi connectivity index (χ1v) is 5.56. The Morgan fingerprint density at radius 2 is 1.62 bits per heavy atom. The van der Waals surface area contributed by atoms with Crippen LogP contribution in [0.15, 0.2) is 23.3 Å². The number of carbonyl (C=O) groups is 2. The van der Waals surface area contributed by atoms with Crippen molar-refractivity contribution < 1.29 is 9.59 Å². The van der Waals surface area contributed by atoms with E-state index in [4.69, 9.17) is 0 Å². The summed E-state index contributed by atoms with van der Waals surface area (Å²) in [6, 6.07) is 0. The monoisotopic (exact) mass is 220 g/mol. The number of rotatable bonds is 1. The summed E-state index contributed by atoms with van der Waals surface area (Å²) in [7, 11) is 0. The third-order valence-electron chi connectivity index (χ3n) is 2.94. The van der Waals surface area contributed by atoms with Crippen molar-refractivity contribution in [2.45, 2.75) is 41.5 Å². The molecule has 0 aromatic rings. The Hall–Kier alpha value is -1.18. The minimum Gasteiger partial charge on any atom is -0.298 e. The maximum Gasteiger partial charge on any atom is 0.175 e. The molecule has 1 rings (SSSR count). The lowest BCUT2D eigenvalue weighted by Gasteiger charge is -2.35. The molecular weight excluding hydrogens is 200 g/mol. The molecule has 0 radical (unpaired) electrons. The third kappa shape index (κ3) is 2.01. The molecule has 16 heavy (non-hydrogen) atoms. The van der Waals surface area contributed by atoms with Crippen LogP contribution in [0.1, 0.15) is 41.5 Å². The normalized spacial score (nSPS) is 22.8. The number of Topliss-reactive ketones (excluding diaryl/α,β-unsaturated/α-hetero) is 2. The summed E-state index contributed by atoms with van der Waals surface area (Å²) in [4.78, 5) is 24.3. The van der Waals surface area contributed by atoms with Crippen molar-refractivity contribution in [2.75, 3.05) is 0 Å². The van der Waals surface area contributed by atoms with E-state index in [1.807, 2.05) is 33.8 Å². The fourth-order valence-corrected chi connectivity index (χ4v) is 2.21. The van der Waals surface area contributed by atoms with Crippen LogP contribution in [0.5, 0.6) is 0 Å². The van der Waals surface area contributed by atoms with E-state index in [2.05, 4.69) is 0 Å². The average molecular weight is 220 g/mol. The number of ketones is 2. The second-order valence-corrected chi connectivity index (χ2v) is 5.83. The molecule has 0 amide bonds. The Morgan fingerprint density at radius 1 is 1.12 bits per heavy atom. The van der Waals surface area contributed by atoms with E-state index in [-0.39, 0.29) is 11.6 Å². The van der Waals surface area contributed by atoms with Crippen LogP contribution in [0.2, 0.25) is 0 Å². The van der Waals surface area contributed by atoms with Crippen LogP contribution in [-0.2, 0) is 9.59 Å². The molecule has 0 heterocycles. The van der Waals surface area contributed by atoms with Crippen LogP contribution in [0.3, 0.4) is 0 Å². The van der Waals surface area contributed by atoms with Crippen LogP contribution in [0.25, 0.3) is 0 Å². The Balaban J connectivity index is 3.37. The van der Waals surface area contributed by atoms with E-state index in [1.54, 1.807) is 19.9 Å². The summed E-state index contributed by atoms with van der Waals surface area (Å²) in [6.45, 7) is 11.1. The van der Waals surface area contributed by atoms with Gasteiger partial charge in [0.15, 0.2) is 11.6 Å². The maximum absolute atomic E-state index is 12.1. The quantitative estimate of drug-likeness (QED) is 0.636. The molecule has 88 valence electrons. The molecule has 0 atom stereocenters. The smallest absolute Gasteiger partial charge is 0.175 e. The van der Waals surface area contributed by atoms with Gasteiger partial charge in [-0.1, -0.05) is 17.7 Å². The van der Waals surface area contributed by atoms with Gasteiger partial charge in [-0.25, -0.2) is 0 Å². The zero-order valence-corrected chi connectivity index (χ0v) is 11.0. The number of hydrogen-bond donors (Lipinski definition) is 0. The van der Waals surface area contributed by atoms with Gasteiger partial charge >= 0.3 is 0 Å². The van der Waals surface area contributed by atoms with Crippen molar-refractivity contribution in [3.05, 3.63) is 23.3 Å². The van der Waals surface area contributed by atoms with Crippen molar-refractivity contribution in [3.63, 3.8) is 0 Å². The lowest BCUT2D eigenvalue weighted by atomic mass is 9.64. The largest absolute Gasteiger partial charge is 0.298 e. The molecule has 0 aromatic heterocycles. The van der Waals surface area contributed by atoms with Crippen LogP contribution >= 0.6 is 0 Å². The van der Waals surface area contributed by atoms with Crippen molar-refractivity contribution >= 4 is 11.6 Å². The molecule has 0 bridgehead atoms. The summed E-state index contributed by atoms with van der Waals surface area (Å²) < 4.78 is 0. The summed E-state index contributed by atoms with van der Waals surface area (Å²) >= 11 is 0. The van der Waals surface area contributed by atoms with Crippen LogP contribution in [0.4, 0.5) is 0 Å². The van der Waals surface area contributed by atoms with Gasteiger partial charge in [0.25, 0.3) is 0 Å². The third-order valence-corrected chi connectivity index (χ3v) is 2.94. The van der Waals surface area contributed by atoms with Crippen molar-refractivity contribution in [2.24, 2.45) is 10.8 Å². The predicted molar refractivity (Wildman–Crippen MR) is 65.1 cm³/mol. The highest BCUT2D eigenvalue weighted by Crippen LogP contribution is 2.39. The summed E-state index contributed by atoms with van der Waals surface area (Å²) in [5.74, 6) is -0.0751. The molecule has 2 heteroatoms. The molecule has 0 spiro atoms. The van der Waals surface area contributed by atoms with Gasteiger partial charge in [-0.2, -0.15) is 0 Å². The van der Waals surface area contributed by atoms with Crippen LogP contribution in [0, 0.1) is 10.8 Å². The van der Waals surface area contributed by atoms with Crippen LogP contribution in [-0.4, -0.2) is 11.6 Å². The molecule has 2 nitrogen and oxygen atoms in total. The minimum absolute atomic E-state index is 0.00379. The molecule has 0 unspecified atom stereocenters. The van der Waals surface area contributed by atoms with Gasteiger partial charge in [-0.3, -0.25) is 9.59 Å². The van der Waals surface area contributed by atoms with Crippen molar-refractivity contribution in [1.29, 1.82) is 0 Å². The molecule has 0 fully saturated rings. The van der Waals surface area contributed by atoms with Gasteiger partial charge in [0, 0.05) is 11.0 Å². The highest BCUT2D eigenvalue weighted by atomic mass is 16.2. The Bertz CT molecular complexity index is 402. The second-order valence-electron chi connectivity index (χ2n) is 5.83. The molecule has 0 saturated carbocycles. The Labute approximate surface area is 97.4 Å². The zero-order chi connectivity index (χ0) is 12.7. The zero-order valence-electron chi connectivity index (χ0n) is 11.0. The predicted octanol–water partition coefficient (Wildman–Crippen LogP) is 3.08.